The second-order valence-corrected chi connectivity index (χ2v) is 7.44. The zero-order valence-corrected chi connectivity index (χ0v) is 17.4. The average molecular weight is 431 g/mol. The Morgan fingerprint density at radius 1 is 1.04 bits per heavy atom. The Kier molecular flexibility index (Phi) is 7.60. The lowest BCUT2D eigenvalue weighted by molar-refractivity contribution is 0.313. The molecule has 0 radical (unpaired) electrons. The molecule has 0 amide bonds. The summed E-state index contributed by atoms with van der Waals surface area (Å²) in [5, 5.41) is 9.02. The molecular formula is C16H20Cl2N6S2. The van der Waals surface area contributed by atoms with Crippen molar-refractivity contribution in [2.45, 2.75) is 0 Å². The summed E-state index contributed by atoms with van der Waals surface area (Å²) in [5.41, 5.74) is 2.09. The van der Waals surface area contributed by atoms with E-state index in [0.29, 0.717) is 0 Å². The molecule has 0 aromatic carbocycles. The number of nitrogens with zero attached hydrogens (tertiary/aromatic N) is 5. The first kappa shape index (κ1) is 20.9. The van der Waals surface area contributed by atoms with Crippen LogP contribution < -0.4 is 10.2 Å². The van der Waals surface area contributed by atoms with Crippen LogP contribution in [0.25, 0.3) is 10.7 Å². The van der Waals surface area contributed by atoms with Crippen LogP contribution in [0.15, 0.2) is 35.3 Å². The molecule has 1 fully saturated rings. The van der Waals surface area contributed by atoms with Crippen LogP contribution >= 0.6 is 47.5 Å². The predicted octanol–water partition coefficient (Wildman–Crippen LogP) is 4.00. The van der Waals surface area contributed by atoms with Gasteiger partial charge in [0.05, 0.1) is 11.9 Å². The van der Waals surface area contributed by atoms with Gasteiger partial charge in [-0.15, -0.1) is 47.5 Å². The highest BCUT2D eigenvalue weighted by molar-refractivity contribution is 7.15. The SMILES string of the molecule is CN1CCN(c2ccc(Nc3nc(-c4nccs4)cs3)nc2)CC1.Cl.Cl. The second kappa shape index (κ2) is 9.48. The molecule has 0 unspecified atom stereocenters. The summed E-state index contributed by atoms with van der Waals surface area (Å²) in [4.78, 5) is 18.1. The smallest absolute Gasteiger partial charge is 0.188 e. The van der Waals surface area contributed by atoms with Gasteiger partial charge < -0.3 is 15.1 Å². The second-order valence-electron chi connectivity index (χ2n) is 5.69. The number of likely N-dealkylation sites (N-methyl/N-ethyl adjacent to an activating group) is 1. The maximum atomic E-state index is 4.57. The van der Waals surface area contributed by atoms with E-state index in [1.807, 2.05) is 23.0 Å². The summed E-state index contributed by atoms with van der Waals surface area (Å²) in [5.74, 6) is 0.813. The molecule has 1 N–H and O–H groups in total. The molecule has 3 aromatic heterocycles. The largest absolute Gasteiger partial charge is 0.368 e. The van der Waals surface area contributed by atoms with Gasteiger partial charge in [-0.2, -0.15) is 0 Å². The molecule has 1 aliphatic heterocycles. The minimum Gasteiger partial charge on any atom is -0.368 e. The van der Waals surface area contributed by atoms with E-state index in [1.165, 1.54) is 5.69 Å². The van der Waals surface area contributed by atoms with Crippen LogP contribution in [0.4, 0.5) is 16.6 Å². The number of nitrogens with one attached hydrogen (secondary N) is 1. The molecule has 0 atom stereocenters. The standard InChI is InChI=1S/C16H18N6S2.2ClH/c1-21-5-7-22(8-6-21)12-2-3-14(18-10-12)20-16-19-13(11-24-16)15-17-4-9-23-15;;/h2-4,9-11H,5-8H2,1H3,(H,18,19,20);2*1H. The van der Waals surface area contributed by atoms with Gasteiger partial charge in [0.2, 0.25) is 0 Å². The first-order valence-electron chi connectivity index (χ1n) is 7.80. The van der Waals surface area contributed by atoms with Gasteiger partial charge in [-0.1, -0.05) is 0 Å². The molecule has 4 rings (SSSR count). The number of piperazine rings is 1. The zero-order chi connectivity index (χ0) is 16.4. The van der Waals surface area contributed by atoms with Crippen molar-refractivity contribution in [2.24, 2.45) is 0 Å². The summed E-state index contributed by atoms with van der Waals surface area (Å²) < 4.78 is 0. The molecule has 10 heteroatoms. The van der Waals surface area contributed by atoms with Crippen molar-refractivity contribution in [3.8, 4) is 10.7 Å². The summed E-state index contributed by atoms with van der Waals surface area (Å²) in [6.07, 6.45) is 3.73. The molecule has 0 saturated carbocycles. The number of aromatic nitrogens is 3. The summed E-state index contributed by atoms with van der Waals surface area (Å²) >= 11 is 3.16. The Morgan fingerprint density at radius 3 is 2.50 bits per heavy atom. The Morgan fingerprint density at radius 2 is 1.85 bits per heavy atom. The first-order chi connectivity index (χ1) is 11.8. The molecule has 4 heterocycles. The van der Waals surface area contributed by atoms with Crippen LogP contribution in [-0.2, 0) is 0 Å². The fraction of sp³-hybridized carbons (Fsp3) is 0.312. The molecule has 0 aliphatic carbocycles. The van der Waals surface area contributed by atoms with Gasteiger partial charge in [0.1, 0.15) is 16.5 Å². The van der Waals surface area contributed by atoms with Gasteiger partial charge >= 0.3 is 0 Å². The van der Waals surface area contributed by atoms with Crippen LogP contribution in [0.1, 0.15) is 0 Å². The predicted molar refractivity (Wildman–Crippen MR) is 115 cm³/mol. The van der Waals surface area contributed by atoms with Gasteiger partial charge in [-0.25, -0.2) is 15.0 Å². The van der Waals surface area contributed by atoms with Gasteiger partial charge in [0, 0.05) is 43.1 Å². The molecule has 26 heavy (non-hydrogen) atoms. The topological polar surface area (TPSA) is 57.2 Å². The van der Waals surface area contributed by atoms with Crippen molar-refractivity contribution in [3.05, 3.63) is 35.3 Å². The first-order valence-corrected chi connectivity index (χ1v) is 9.56. The Balaban J connectivity index is 0.00000121. The van der Waals surface area contributed by atoms with E-state index in [2.05, 4.69) is 43.2 Å². The van der Waals surface area contributed by atoms with Crippen LogP contribution in [0, 0.1) is 0 Å². The Bertz CT molecular complexity index is 785. The number of anilines is 3. The fourth-order valence-electron chi connectivity index (χ4n) is 2.60. The number of hydrogen-bond donors (Lipinski definition) is 1. The van der Waals surface area contributed by atoms with Gasteiger partial charge in [-0.05, 0) is 19.2 Å². The third-order valence-electron chi connectivity index (χ3n) is 4.01. The van der Waals surface area contributed by atoms with E-state index in [1.54, 1.807) is 28.9 Å². The number of thiazole rings is 2. The van der Waals surface area contributed by atoms with E-state index < -0.39 is 0 Å². The lowest BCUT2D eigenvalue weighted by Gasteiger charge is -2.33. The van der Waals surface area contributed by atoms with E-state index in [9.17, 15) is 0 Å². The van der Waals surface area contributed by atoms with Crippen LogP contribution in [0.3, 0.4) is 0 Å². The highest BCUT2D eigenvalue weighted by Crippen LogP contribution is 2.28. The van der Waals surface area contributed by atoms with Crippen molar-refractivity contribution in [1.29, 1.82) is 0 Å². The summed E-state index contributed by atoms with van der Waals surface area (Å²) in [6.45, 7) is 4.29. The normalized spacial score (nSPS) is 14.4. The van der Waals surface area contributed by atoms with Crippen molar-refractivity contribution in [1.82, 2.24) is 19.9 Å². The lowest BCUT2D eigenvalue weighted by Crippen LogP contribution is -2.44. The van der Waals surface area contributed by atoms with Crippen molar-refractivity contribution in [3.63, 3.8) is 0 Å². The molecule has 0 spiro atoms. The molecule has 0 bridgehead atoms. The number of halogens is 2. The van der Waals surface area contributed by atoms with Crippen LogP contribution in [-0.4, -0.2) is 53.1 Å². The molecule has 140 valence electrons. The molecule has 3 aromatic rings. The van der Waals surface area contributed by atoms with Gasteiger partial charge in [-0.3, -0.25) is 0 Å². The monoisotopic (exact) mass is 430 g/mol. The van der Waals surface area contributed by atoms with Crippen molar-refractivity contribution in [2.75, 3.05) is 43.4 Å². The molecule has 1 aliphatic rings. The highest BCUT2D eigenvalue weighted by atomic mass is 35.5. The van der Waals surface area contributed by atoms with Gasteiger partial charge in [0.25, 0.3) is 0 Å². The number of pyridine rings is 1. The minimum absolute atomic E-state index is 0. The van der Waals surface area contributed by atoms with E-state index >= 15 is 0 Å². The lowest BCUT2D eigenvalue weighted by atomic mass is 10.3. The third kappa shape index (κ3) is 4.83. The maximum Gasteiger partial charge on any atom is 0.188 e. The van der Waals surface area contributed by atoms with Crippen LogP contribution in [0.2, 0.25) is 0 Å². The number of rotatable bonds is 4. The summed E-state index contributed by atoms with van der Waals surface area (Å²) in [7, 11) is 2.16. The molecular weight excluding hydrogens is 411 g/mol. The summed E-state index contributed by atoms with van der Waals surface area (Å²) in [6, 6.07) is 4.13. The van der Waals surface area contributed by atoms with Crippen molar-refractivity contribution >= 4 is 64.1 Å². The maximum absolute atomic E-state index is 4.57. The Labute approximate surface area is 173 Å². The third-order valence-corrected chi connectivity index (χ3v) is 5.56. The highest BCUT2D eigenvalue weighted by Gasteiger charge is 2.14. The zero-order valence-electron chi connectivity index (χ0n) is 14.2. The van der Waals surface area contributed by atoms with E-state index in [4.69, 9.17) is 0 Å². The quantitative estimate of drug-likeness (QED) is 0.674. The van der Waals surface area contributed by atoms with Crippen LogP contribution in [0.5, 0.6) is 0 Å². The Hall–Kier alpha value is -1.45. The van der Waals surface area contributed by atoms with Gasteiger partial charge in [0.15, 0.2) is 5.13 Å². The van der Waals surface area contributed by atoms with E-state index in [0.717, 1.165) is 47.8 Å². The number of hydrogen-bond acceptors (Lipinski definition) is 8. The van der Waals surface area contributed by atoms with Crippen molar-refractivity contribution < 1.29 is 0 Å². The molecule has 6 nitrogen and oxygen atoms in total. The van der Waals surface area contributed by atoms with E-state index in [-0.39, 0.29) is 24.8 Å². The average Bonchev–Trinajstić information content (AvgIpc) is 3.28. The fourth-order valence-corrected chi connectivity index (χ4v) is 3.97. The molecule has 1 saturated heterocycles. The minimum atomic E-state index is 0.